The highest BCUT2D eigenvalue weighted by Gasteiger charge is 2.23. The van der Waals surface area contributed by atoms with E-state index in [1.165, 1.54) is 16.2 Å². The van der Waals surface area contributed by atoms with Crippen molar-refractivity contribution in [2.45, 2.75) is 38.8 Å². The first-order valence-corrected chi connectivity index (χ1v) is 8.98. The number of rotatable bonds is 5. The summed E-state index contributed by atoms with van der Waals surface area (Å²) in [6, 6.07) is 0. The molecule has 2 aromatic heterocycles. The second-order valence-corrected chi connectivity index (χ2v) is 7.63. The Kier molecular flexibility index (Phi) is 4.60. The van der Waals surface area contributed by atoms with E-state index in [4.69, 9.17) is 0 Å². The van der Waals surface area contributed by atoms with Crippen LogP contribution < -0.4 is 21.3 Å². The zero-order valence-corrected chi connectivity index (χ0v) is 14.7. The van der Waals surface area contributed by atoms with Crippen LogP contribution in [0.25, 0.3) is 10.2 Å². The topological polar surface area (TPSA) is 88.6 Å². The minimum absolute atomic E-state index is 0.449. The van der Waals surface area contributed by atoms with Crippen LogP contribution in [0.15, 0.2) is 9.59 Å². The number of nitrogens with zero attached hydrogens (tertiary/aromatic N) is 2. The van der Waals surface area contributed by atoms with Gasteiger partial charge in [-0.25, -0.2) is 4.79 Å². The van der Waals surface area contributed by atoms with E-state index >= 15 is 0 Å². The molecule has 0 fully saturated rings. The van der Waals surface area contributed by atoms with E-state index < -0.39 is 23.8 Å². The number of aliphatic carboxylic acids is 1. The molecular formula is C16H21N3O4S. The Morgan fingerprint density at radius 3 is 2.58 bits per heavy atom. The SMILES string of the molecule is C[NH+](C)CCn1c(=O)n(CC(=O)[O-])c(=O)c2c3c(sc21)CCCC3. The van der Waals surface area contributed by atoms with Crippen molar-refractivity contribution >= 4 is 27.5 Å². The summed E-state index contributed by atoms with van der Waals surface area (Å²) in [5.74, 6) is -1.43. The summed E-state index contributed by atoms with van der Waals surface area (Å²) in [6.07, 6.45) is 3.83. The summed E-state index contributed by atoms with van der Waals surface area (Å²) >= 11 is 1.51. The highest BCUT2D eigenvalue weighted by Crippen LogP contribution is 2.33. The molecule has 0 saturated heterocycles. The van der Waals surface area contributed by atoms with Gasteiger partial charge in [-0.2, -0.15) is 0 Å². The van der Waals surface area contributed by atoms with Gasteiger partial charge in [0.15, 0.2) is 0 Å². The van der Waals surface area contributed by atoms with Crippen molar-refractivity contribution in [3.05, 3.63) is 31.3 Å². The molecule has 0 radical (unpaired) electrons. The van der Waals surface area contributed by atoms with Crippen molar-refractivity contribution in [1.29, 1.82) is 0 Å². The predicted molar refractivity (Wildman–Crippen MR) is 89.7 cm³/mol. The molecule has 3 rings (SSSR count). The molecule has 24 heavy (non-hydrogen) atoms. The van der Waals surface area contributed by atoms with Crippen LogP contribution in [0, 0.1) is 0 Å². The molecule has 8 heteroatoms. The zero-order valence-electron chi connectivity index (χ0n) is 13.9. The number of fused-ring (bicyclic) bond motifs is 3. The number of likely N-dealkylation sites (N-methyl/N-ethyl adjacent to an activating group) is 1. The lowest BCUT2D eigenvalue weighted by Crippen LogP contribution is -3.06. The van der Waals surface area contributed by atoms with Crippen LogP contribution in [0.2, 0.25) is 0 Å². The fraction of sp³-hybridized carbons (Fsp3) is 0.562. The lowest BCUT2D eigenvalue weighted by molar-refractivity contribution is -0.858. The number of carboxylic acids is 1. The average Bonchev–Trinajstić information content (AvgIpc) is 2.90. The van der Waals surface area contributed by atoms with Gasteiger partial charge >= 0.3 is 5.69 Å². The van der Waals surface area contributed by atoms with Crippen molar-refractivity contribution in [2.24, 2.45) is 0 Å². The molecule has 1 N–H and O–H groups in total. The van der Waals surface area contributed by atoms with Crippen LogP contribution >= 0.6 is 11.3 Å². The summed E-state index contributed by atoms with van der Waals surface area (Å²) in [7, 11) is 3.97. The van der Waals surface area contributed by atoms with Crippen LogP contribution in [-0.4, -0.2) is 35.7 Å². The molecule has 0 saturated carbocycles. The van der Waals surface area contributed by atoms with Crippen LogP contribution in [0.3, 0.4) is 0 Å². The van der Waals surface area contributed by atoms with E-state index in [1.54, 1.807) is 4.57 Å². The molecule has 7 nitrogen and oxygen atoms in total. The number of carbonyl (C=O) groups is 1. The second-order valence-electron chi connectivity index (χ2n) is 6.55. The number of carbonyl (C=O) groups excluding carboxylic acids is 1. The molecule has 2 aromatic rings. The first-order chi connectivity index (χ1) is 11.4. The molecule has 0 spiro atoms. The van der Waals surface area contributed by atoms with Gasteiger partial charge in [0.25, 0.3) is 5.56 Å². The third kappa shape index (κ3) is 2.91. The fourth-order valence-corrected chi connectivity index (χ4v) is 4.62. The van der Waals surface area contributed by atoms with Gasteiger partial charge in [0.05, 0.1) is 45.1 Å². The molecule has 1 aliphatic rings. The monoisotopic (exact) mass is 351 g/mol. The highest BCUT2D eigenvalue weighted by molar-refractivity contribution is 7.18. The predicted octanol–water partition coefficient (Wildman–Crippen LogP) is -2.00. The second kappa shape index (κ2) is 6.52. The van der Waals surface area contributed by atoms with E-state index in [-0.39, 0.29) is 0 Å². The minimum Gasteiger partial charge on any atom is -0.548 e. The van der Waals surface area contributed by atoms with Gasteiger partial charge in [-0.15, -0.1) is 11.3 Å². The van der Waals surface area contributed by atoms with Gasteiger partial charge in [0.1, 0.15) is 4.83 Å². The van der Waals surface area contributed by atoms with E-state index in [2.05, 4.69) is 0 Å². The minimum atomic E-state index is -1.43. The standard InChI is InChI=1S/C16H21N3O4S/c1-17(2)7-8-18-15-13(10-5-3-4-6-11(10)24-15)14(22)19(16(18)23)9-12(20)21/h3-9H2,1-2H3,(H,20,21). The Bertz CT molecular complexity index is 907. The number of quaternary nitrogens is 1. The number of aromatic nitrogens is 2. The summed E-state index contributed by atoms with van der Waals surface area (Å²) in [5, 5.41) is 11.5. The Morgan fingerprint density at radius 1 is 1.21 bits per heavy atom. The van der Waals surface area contributed by atoms with E-state index in [1.807, 2.05) is 14.1 Å². The van der Waals surface area contributed by atoms with Crippen LogP contribution in [0.5, 0.6) is 0 Å². The number of hydrogen-bond donors (Lipinski definition) is 1. The molecular weight excluding hydrogens is 330 g/mol. The fourth-order valence-electron chi connectivity index (χ4n) is 3.22. The molecule has 0 bridgehead atoms. The number of nitrogens with one attached hydrogen (secondary N) is 1. The van der Waals surface area contributed by atoms with E-state index in [9.17, 15) is 19.5 Å². The number of hydrogen-bond acceptors (Lipinski definition) is 5. The Balaban J connectivity index is 2.30. The van der Waals surface area contributed by atoms with Crippen molar-refractivity contribution < 1.29 is 14.8 Å². The summed E-state index contributed by atoms with van der Waals surface area (Å²) < 4.78 is 2.37. The third-order valence-electron chi connectivity index (χ3n) is 4.44. The Morgan fingerprint density at radius 2 is 1.92 bits per heavy atom. The summed E-state index contributed by atoms with van der Waals surface area (Å²) in [5.41, 5.74) is -0.0482. The normalized spacial score (nSPS) is 14.3. The number of thiophene rings is 1. The van der Waals surface area contributed by atoms with Crippen LogP contribution in [0.1, 0.15) is 23.3 Å². The number of carboxylic acid groups (broad SMARTS) is 1. The molecule has 130 valence electrons. The van der Waals surface area contributed by atoms with Gasteiger partial charge in [-0.1, -0.05) is 0 Å². The maximum Gasteiger partial charge on any atom is 0.332 e. The van der Waals surface area contributed by atoms with E-state index in [0.717, 1.165) is 40.7 Å². The van der Waals surface area contributed by atoms with Crippen LogP contribution in [-0.2, 0) is 30.7 Å². The van der Waals surface area contributed by atoms with E-state index in [0.29, 0.717) is 23.3 Å². The quantitative estimate of drug-likeness (QED) is 0.675. The third-order valence-corrected chi connectivity index (χ3v) is 5.76. The molecule has 1 aliphatic carbocycles. The maximum atomic E-state index is 12.8. The van der Waals surface area contributed by atoms with Crippen molar-refractivity contribution in [1.82, 2.24) is 9.13 Å². The largest absolute Gasteiger partial charge is 0.548 e. The molecule has 0 amide bonds. The van der Waals surface area contributed by atoms with Gasteiger partial charge in [0.2, 0.25) is 0 Å². The average molecular weight is 351 g/mol. The summed E-state index contributed by atoms with van der Waals surface area (Å²) in [6.45, 7) is 0.457. The molecule has 2 heterocycles. The lowest BCUT2D eigenvalue weighted by atomic mass is 9.97. The first-order valence-electron chi connectivity index (χ1n) is 8.17. The number of aryl methyl sites for hydroxylation is 2. The molecule has 0 aromatic carbocycles. The Hall–Kier alpha value is -1.93. The lowest BCUT2D eigenvalue weighted by Gasteiger charge is -2.14. The first kappa shape index (κ1) is 16.9. The maximum absolute atomic E-state index is 12.8. The van der Waals surface area contributed by atoms with Crippen molar-refractivity contribution in [3.8, 4) is 0 Å². The summed E-state index contributed by atoms with van der Waals surface area (Å²) in [4.78, 5) is 39.5. The zero-order chi connectivity index (χ0) is 17.4. The highest BCUT2D eigenvalue weighted by atomic mass is 32.1. The van der Waals surface area contributed by atoms with Gasteiger partial charge < -0.3 is 14.8 Å². The van der Waals surface area contributed by atoms with Crippen LogP contribution in [0.4, 0.5) is 0 Å². The molecule has 0 unspecified atom stereocenters. The van der Waals surface area contributed by atoms with Gasteiger partial charge in [-0.05, 0) is 31.2 Å². The molecule has 0 atom stereocenters. The smallest absolute Gasteiger partial charge is 0.332 e. The van der Waals surface area contributed by atoms with Gasteiger partial charge in [-0.3, -0.25) is 13.9 Å². The van der Waals surface area contributed by atoms with Gasteiger partial charge in [0, 0.05) is 4.88 Å². The Labute approximate surface area is 142 Å². The van der Waals surface area contributed by atoms with Crippen molar-refractivity contribution in [3.63, 3.8) is 0 Å². The molecule has 0 aliphatic heterocycles. The van der Waals surface area contributed by atoms with Crippen molar-refractivity contribution in [2.75, 3.05) is 20.6 Å².